The Bertz CT molecular complexity index is 1030. The molecule has 1 unspecified atom stereocenters. The highest BCUT2D eigenvalue weighted by Crippen LogP contribution is 2.71. The smallest absolute Gasteiger partial charge is 0.240 e. The van der Waals surface area contributed by atoms with Crippen LogP contribution < -0.4 is 0 Å². The van der Waals surface area contributed by atoms with E-state index in [1.165, 1.54) is 37.7 Å². The van der Waals surface area contributed by atoms with Crippen LogP contribution in [-0.4, -0.2) is 80.1 Å². The zero-order valence-corrected chi connectivity index (χ0v) is 24.3. The van der Waals surface area contributed by atoms with Gasteiger partial charge in [0.2, 0.25) is 12.6 Å². The molecule has 9 heteroatoms. The van der Waals surface area contributed by atoms with Gasteiger partial charge in [-0.15, -0.1) is 0 Å². The summed E-state index contributed by atoms with van der Waals surface area (Å²) >= 11 is 0. The quantitative estimate of drug-likeness (QED) is 0.520. The summed E-state index contributed by atoms with van der Waals surface area (Å²) in [7, 11) is 0. The number of phenolic OH excluding ortho intramolecular Hbond substituents is 1. The number of hydrogen-bond donors (Lipinski definition) is 1. The summed E-state index contributed by atoms with van der Waals surface area (Å²) in [6.45, 7) is 8.15. The van der Waals surface area contributed by atoms with Crippen molar-refractivity contribution in [2.45, 2.75) is 76.2 Å². The van der Waals surface area contributed by atoms with Crippen LogP contribution >= 0.6 is 0 Å². The Hall–Kier alpha value is -1.30. The number of benzene rings is 1. The fourth-order valence-electron chi connectivity index (χ4n) is 10.3. The first-order valence-corrected chi connectivity index (χ1v) is 16.2. The van der Waals surface area contributed by atoms with Gasteiger partial charge in [-0.25, -0.2) is 9.78 Å². The highest BCUT2D eigenvalue weighted by molar-refractivity contribution is 5.45. The Morgan fingerprint density at radius 2 is 1.29 bits per heavy atom. The minimum Gasteiger partial charge on any atom is -0.507 e. The lowest BCUT2D eigenvalue weighted by molar-refractivity contribution is -0.629. The summed E-state index contributed by atoms with van der Waals surface area (Å²) in [5, 5.41) is 11.6. The van der Waals surface area contributed by atoms with Crippen molar-refractivity contribution < 1.29 is 34.1 Å². The molecule has 226 valence electrons. The second-order valence-corrected chi connectivity index (χ2v) is 14.0. The molecule has 5 aliphatic carbocycles. The summed E-state index contributed by atoms with van der Waals surface area (Å²) in [4.78, 5) is 28.3. The molecule has 9 rings (SSSR count). The summed E-state index contributed by atoms with van der Waals surface area (Å²) in [6.07, 6.45) is 9.22. The molecule has 0 radical (unpaired) electrons. The van der Waals surface area contributed by atoms with Gasteiger partial charge in [-0.3, -0.25) is 9.80 Å². The molecule has 1 atom stereocenters. The normalized spacial score (nSPS) is 39.1. The summed E-state index contributed by atoms with van der Waals surface area (Å²) < 4.78 is 11.2. The van der Waals surface area contributed by atoms with Gasteiger partial charge in [-0.05, 0) is 80.1 Å². The number of rotatable bonds is 5. The van der Waals surface area contributed by atoms with Crippen molar-refractivity contribution in [3.63, 3.8) is 0 Å². The van der Waals surface area contributed by atoms with E-state index in [1.807, 2.05) is 0 Å². The van der Waals surface area contributed by atoms with Gasteiger partial charge in [-0.2, -0.15) is 9.78 Å². The monoisotopic (exact) mass is 570 g/mol. The predicted molar refractivity (Wildman–Crippen MR) is 148 cm³/mol. The fourth-order valence-corrected chi connectivity index (χ4v) is 10.3. The van der Waals surface area contributed by atoms with Crippen molar-refractivity contribution in [2.24, 2.45) is 29.1 Å². The highest BCUT2D eigenvalue weighted by Gasteiger charge is 2.71. The van der Waals surface area contributed by atoms with E-state index in [0.29, 0.717) is 23.5 Å². The maximum absolute atomic E-state index is 11.6. The lowest BCUT2D eigenvalue weighted by atomic mass is 9.40. The van der Waals surface area contributed by atoms with Crippen molar-refractivity contribution in [3.05, 3.63) is 28.8 Å². The molecular weight excluding hydrogens is 524 g/mol. The average molecular weight is 571 g/mol. The van der Waals surface area contributed by atoms with Crippen LogP contribution in [0, 0.1) is 29.1 Å². The Kier molecular flexibility index (Phi) is 7.32. The lowest BCUT2D eigenvalue weighted by Gasteiger charge is -2.68. The molecule has 3 heterocycles. The van der Waals surface area contributed by atoms with E-state index in [1.54, 1.807) is 0 Å². The molecule has 0 aromatic heterocycles. The van der Waals surface area contributed by atoms with E-state index >= 15 is 0 Å². The predicted octanol–water partition coefficient (Wildman–Crippen LogP) is 4.33. The van der Waals surface area contributed by atoms with Crippen LogP contribution in [0.25, 0.3) is 0 Å². The standard InChI is InChI=1S/C32H46N2O7/c35-30-26(19-33-3-7-36-8-4-33)16-25(17-27(30)20-34-5-9-37-10-6-34)24-1-2-32(40-38-21-39-41-32)31(18-24)28-12-22-11-23(14-28)15-29(31)13-22/h16-17,22-24,28-29,35H,1-15,18-21H2. The summed E-state index contributed by atoms with van der Waals surface area (Å²) in [5.41, 5.74) is 3.33. The Morgan fingerprint density at radius 3 is 1.83 bits per heavy atom. The van der Waals surface area contributed by atoms with Gasteiger partial charge in [-0.1, -0.05) is 12.1 Å². The van der Waals surface area contributed by atoms with Gasteiger partial charge in [0, 0.05) is 62.2 Å². The molecule has 8 fully saturated rings. The van der Waals surface area contributed by atoms with Gasteiger partial charge in [0.05, 0.1) is 26.4 Å². The van der Waals surface area contributed by atoms with E-state index in [9.17, 15) is 5.11 Å². The third-order valence-corrected chi connectivity index (χ3v) is 12.0. The zero-order valence-electron chi connectivity index (χ0n) is 24.3. The number of hydrogen-bond acceptors (Lipinski definition) is 9. The SMILES string of the molecule is Oc1c(CN2CCOCC2)cc(C2CCC3(OOCOO3)C3(C2)C2CC4CC(C2)CC3C4)cc1CN1CCOCC1. The van der Waals surface area contributed by atoms with Crippen LogP contribution in [0.1, 0.15) is 74.0 Å². The first kappa shape index (κ1) is 27.3. The second-order valence-electron chi connectivity index (χ2n) is 14.0. The molecule has 2 spiro atoms. The van der Waals surface area contributed by atoms with Crippen LogP contribution in [0.15, 0.2) is 12.1 Å². The molecule has 1 N–H and O–H groups in total. The number of morpholine rings is 2. The maximum Gasteiger partial charge on any atom is 0.240 e. The lowest BCUT2D eigenvalue weighted by Crippen LogP contribution is -2.68. The molecule has 5 saturated carbocycles. The Morgan fingerprint density at radius 1 is 0.756 bits per heavy atom. The second kappa shape index (κ2) is 11.0. The van der Waals surface area contributed by atoms with E-state index in [-0.39, 0.29) is 12.2 Å². The van der Waals surface area contributed by atoms with E-state index in [2.05, 4.69) is 21.9 Å². The molecule has 1 aromatic carbocycles. The van der Waals surface area contributed by atoms with Crippen molar-refractivity contribution in [3.8, 4) is 5.75 Å². The molecule has 1 aromatic rings. The van der Waals surface area contributed by atoms with Gasteiger partial charge in [0.1, 0.15) is 5.75 Å². The molecule has 3 saturated heterocycles. The van der Waals surface area contributed by atoms with Gasteiger partial charge >= 0.3 is 0 Å². The van der Waals surface area contributed by atoms with Gasteiger partial charge in [0.15, 0.2) is 0 Å². The van der Waals surface area contributed by atoms with Crippen molar-refractivity contribution in [1.29, 1.82) is 0 Å². The summed E-state index contributed by atoms with van der Waals surface area (Å²) in [5.74, 6) is 2.85. The van der Waals surface area contributed by atoms with Crippen LogP contribution in [0.5, 0.6) is 5.75 Å². The van der Waals surface area contributed by atoms with Crippen LogP contribution in [0.2, 0.25) is 0 Å². The highest BCUT2D eigenvalue weighted by atomic mass is 17.4. The van der Waals surface area contributed by atoms with Crippen molar-refractivity contribution in [1.82, 2.24) is 9.80 Å². The van der Waals surface area contributed by atoms with E-state index in [4.69, 9.17) is 29.0 Å². The maximum atomic E-state index is 11.6. The molecule has 9 nitrogen and oxygen atoms in total. The number of aromatic hydroxyl groups is 1. The molecule has 8 aliphatic rings. The fraction of sp³-hybridized carbons (Fsp3) is 0.812. The number of ether oxygens (including phenoxy) is 2. The minimum atomic E-state index is -0.825. The summed E-state index contributed by atoms with van der Waals surface area (Å²) in [6, 6.07) is 4.63. The Balaban J connectivity index is 1.14. The van der Waals surface area contributed by atoms with Gasteiger partial charge < -0.3 is 14.6 Å². The molecule has 0 amide bonds. The molecule has 3 aliphatic heterocycles. The minimum absolute atomic E-state index is 0.0234. The number of nitrogens with zero attached hydrogens (tertiary/aromatic N) is 2. The van der Waals surface area contributed by atoms with Crippen molar-refractivity contribution in [2.75, 3.05) is 59.4 Å². The molecule has 4 bridgehead atoms. The first-order valence-electron chi connectivity index (χ1n) is 16.2. The number of phenols is 1. The Labute approximate surface area is 243 Å². The van der Waals surface area contributed by atoms with Crippen LogP contribution in [0.4, 0.5) is 0 Å². The van der Waals surface area contributed by atoms with Gasteiger partial charge in [0.25, 0.3) is 0 Å². The molecular formula is C32H46N2O7. The van der Waals surface area contributed by atoms with Crippen LogP contribution in [0.3, 0.4) is 0 Å². The zero-order chi connectivity index (χ0) is 27.4. The third-order valence-electron chi connectivity index (χ3n) is 12.0. The van der Waals surface area contributed by atoms with E-state index < -0.39 is 5.79 Å². The molecule has 41 heavy (non-hydrogen) atoms. The van der Waals surface area contributed by atoms with Crippen molar-refractivity contribution >= 4 is 0 Å². The third kappa shape index (κ3) is 4.75. The largest absolute Gasteiger partial charge is 0.507 e. The van der Waals surface area contributed by atoms with Crippen LogP contribution in [-0.2, 0) is 42.1 Å². The topological polar surface area (TPSA) is 82.1 Å². The average Bonchev–Trinajstić information content (AvgIpc) is 3.00. The first-order chi connectivity index (χ1) is 20.1. The van der Waals surface area contributed by atoms with E-state index in [0.717, 1.165) is 108 Å².